The van der Waals surface area contributed by atoms with Crippen molar-refractivity contribution < 1.29 is 13.5 Å². The summed E-state index contributed by atoms with van der Waals surface area (Å²) < 4.78 is 26.0. The Labute approximate surface area is 181 Å². The molecule has 1 aromatic rings. The summed E-state index contributed by atoms with van der Waals surface area (Å²) in [6.07, 6.45) is 3.97. The lowest BCUT2D eigenvalue weighted by Crippen LogP contribution is -2.66. The highest BCUT2D eigenvalue weighted by molar-refractivity contribution is 7.89. The molecule has 6 nitrogen and oxygen atoms in total. The second-order valence-corrected chi connectivity index (χ2v) is 12.1. The average molecular weight is 436 g/mol. The average Bonchev–Trinajstić information content (AvgIpc) is 2.72. The van der Waals surface area contributed by atoms with Crippen LogP contribution in [0.1, 0.15) is 44.2 Å². The Bertz CT molecular complexity index is 882. The van der Waals surface area contributed by atoms with E-state index in [-0.39, 0.29) is 11.2 Å². The van der Waals surface area contributed by atoms with Gasteiger partial charge in [-0.2, -0.15) is 0 Å². The monoisotopic (exact) mass is 435 g/mol. The molecule has 2 heterocycles. The molecular weight excluding hydrogens is 398 g/mol. The molecule has 4 rings (SSSR count). The van der Waals surface area contributed by atoms with Gasteiger partial charge in [0, 0.05) is 37.1 Å². The van der Waals surface area contributed by atoms with Gasteiger partial charge in [0.25, 0.3) is 0 Å². The molecule has 0 amide bonds. The number of rotatable bonds is 5. The minimum atomic E-state index is -3.07. The van der Waals surface area contributed by atoms with Crippen molar-refractivity contribution in [3.63, 3.8) is 0 Å². The number of aromatic hydroxyl groups is 1. The Morgan fingerprint density at radius 2 is 1.93 bits per heavy atom. The summed E-state index contributed by atoms with van der Waals surface area (Å²) in [4.78, 5) is 5.05. The van der Waals surface area contributed by atoms with Gasteiger partial charge in [-0.15, -0.1) is 0 Å². The summed E-state index contributed by atoms with van der Waals surface area (Å²) >= 11 is 0. The third-order valence-electron chi connectivity index (χ3n) is 8.06. The van der Waals surface area contributed by atoms with Crippen molar-refractivity contribution in [2.45, 2.75) is 57.0 Å². The van der Waals surface area contributed by atoms with Gasteiger partial charge in [-0.05, 0) is 82.4 Å². The first-order valence-electron chi connectivity index (χ1n) is 11.4. The van der Waals surface area contributed by atoms with Crippen LogP contribution in [0, 0.1) is 5.92 Å². The zero-order valence-corrected chi connectivity index (χ0v) is 19.7. The molecule has 0 radical (unpaired) electrons. The van der Waals surface area contributed by atoms with Crippen molar-refractivity contribution in [1.29, 1.82) is 0 Å². The fourth-order valence-electron chi connectivity index (χ4n) is 6.30. The molecule has 0 aromatic heterocycles. The van der Waals surface area contributed by atoms with E-state index >= 15 is 0 Å². The van der Waals surface area contributed by atoms with Gasteiger partial charge in [-0.25, -0.2) is 12.7 Å². The van der Waals surface area contributed by atoms with Crippen molar-refractivity contribution in [3.8, 4) is 5.75 Å². The lowest BCUT2D eigenvalue weighted by molar-refractivity contribution is -0.00614. The predicted molar refractivity (Wildman–Crippen MR) is 120 cm³/mol. The first-order chi connectivity index (χ1) is 14.2. The number of phenols is 1. The highest BCUT2D eigenvalue weighted by atomic mass is 32.2. The molecule has 2 saturated heterocycles. The quantitative estimate of drug-likeness (QED) is 0.769. The first-order valence-corrected chi connectivity index (χ1v) is 13.0. The predicted octanol–water partition coefficient (Wildman–Crippen LogP) is 2.27. The van der Waals surface area contributed by atoms with Gasteiger partial charge in [0.15, 0.2) is 0 Å². The van der Waals surface area contributed by atoms with E-state index in [1.807, 2.05) is 12.1 Å². The Morgan fingerprint density at radius 3 is 2.60 bits per heavy atom. The zero-order chi connectivity index (χ0) is 21.7. The molecule has 2 aliphatic heterocycles. The van der Waals surface area contributed by atoms with Crippen LogP contribution in [0.25, 0.3) is 0 Å². The van der Waals surface area contributed by atoms with E-state index in [0.29, 0.717) is 36.8 Å². The number of fused-ring (bicyclic) bond motifs is 4. The topological polar surface area (TPSA) is 64.1 Å². The molecule has 1 N–H and O–H groups in total. The van der Waals surface area contributed by atoms with Crippen LogP contribution < -0.4 is 0 Å². The van der Waals surface area contributed by atoms with Gasteiger partial charge in [0.2, 0.25) is 10.0 Å². The normalized spacial score (nSPS) is 31.1. The Kier molecular flexibility index (Phi) is 5.94. The maximum Gasteiger partial charge on any atom is 0.213 e. The summed E-state index contributed by atoms with van der Waals surface area (Å²) in [5.74, 6) is 1.08. The van der Waals surface area contributed by atoms with Crippen molar-refractivity contribution in [1.82, 2.24) is 14.1 Å². The fourth-order valence-corrected chi connectivity index (χ4v) is 7.43. The van der Waals surface area contributed by atoms with Gasteiger partial charge < -0.3 is 14.9 Å². The van der Waals surface area contributed by atoms with Crippen molar-refractivity contribution in [2.24, 2.45) is 5.92 Å². The summed E-state index contributed by atoms with van der Waals surface area (Å²) in [5.41, 5.74) is 2.70. The smallest absolute Gasteiger partial charge is 0.213 e. The van der Waals surface area contributed by atoms with Crippen molar-refractivity contribution in [3.05, 3.63) is 29.3 Å². The number of benzene rings is 1. The van der Waals surface area contributed by atoms with Crippen LogP contribution in [0.4, 0.5) is 0 Å². The molecule has 3 atom stereocenters. The van der Waals surface area contributed by atoms with E-state index in [9.17, 15) is 13.5 Å². The van der Waals surface area contributed by atoms with E-state index in [0.717, 1.165) is 38.8 Å². The first kappa shape index (κ1) is 22.1. The summed E-state index contributed by atoms with van der Waals surface area (Å²) in [5, 5.41) is 10.2. The van der Waals surface area contributed by atoms with Crippen LogP contribution in [0.3, 0.4) is 0 Å². The number of hydrogen-bond donors (Lipinski definition) is 1. The lowest BCUT2D eigenvalue weighted by Gasteiger charge is -2.58. The third-order valence-corrected chi connectivity index (χ3v) is 9.94. The van der Waals surface area contributed by atoms with Crippen LogP contribution in [0.5, 0.6) is 5.75 Å². The number of likely N-dealkylation sites (N-methyl/N-ethyl adjacent to an activating group) is 2. The number of hydrogen-bond acceptors (Lipinski definition) is 5. The van der Waals surface area contributed by atoms with E-state index in [1.165, 1.54) is 11.1 Å². The van der Waals surface area contributed by atoms with E-state index in [2.05, 4.69) is 36.9 Å². The molecule has 1 aromatic carbocycles. The third kappa shape index (κ3) is 3.78. The number of piperidine rings is 2. The highest BCUT2D eigenvalue weighted by Crippen LogP contribution is 2.47. The van der Waals surface area contributed by atoms with Gasteiger partial charge >= 0.3 is 0 Å². The van der Waals surface area contributed by atoms with Crippen LogP contribution in [-0.2, 0) is 21.9 Å². The Morgan fingerprint density at radius 1 is 1.23 bits per heavy atom. The molecule has 2 fully saturated rings. The van der Waals surface area contributed by atoms with Gasteiger partial charge in [0.1, 0.15) is 5.75 Å². The molecule has 0 spiro atoms. The minimum Gasteiger partial charge on any atom is -0.508 e. The van der Waals surface area contributed by atoms with Crippen LogP contribution >= 0.6 is 0 Å². The number of phenolic OH excluding ortho intramolecular Hbond substituents is 1. The summed E-state index contributed by atoms with van der Waals surface area (Å²) in [6, 6.07) is 6.77. The Hall–Kier alpha value is -1.15. The summed E-state index contributed by atoms with van der Waals surface area (Å²) in [7, 11) is 1.42. The molecule has 1 aliphatic carbocycles. The molecule has 2 bridgehead atoms. The molecule has 0 unspecified atom stereocenters. The SMILES string of the molecule is CCS(=O)(=O)N1CCC(CN(C)[C@H]2[C@H]3Cc4ccc(O)cc4[C@]2(C)CCN3C)CC1. The molecule has 7 heteroatoms. The maximum atomic E-state index is 12.2. The van der Waals surface area contributed by atoms with Crippen LogP contribution in [0.15, 0.2) is 18.2 Å². The van der Waals surface area contributed by atoms with E-state index in [4.69, 9.17) is 0 Å². The molecule has 30 heavy (non-hydrogen) atoms. The number of nitrogens with zero attached hydrogens (tertiary/aromatic N) is 3. The molecular formula is C23H37N3O3S. The van der Waals surface area contributed by atoms with Crippen molar-refractivity contribution in [2.75, 3.05) is 46.0 Å². The fraction of sp³-hybridized carbons (Fsp3) is 0.739. The van der Waals surface area contributed by atoms with Crippen molar-refractivity contribution >= 4 is 10.0 Å². The minimum absolute atomic E-state index is 0.0184. The highest BCUT2D eigenvalue weighted by Gasteiger charge is 2.51. The van der Waals surface area contributed by atoms with E-state index < -0.39 is 10.0 Å². The number of likely N-dealkylation sites (tertiary alicyclic amines) is 1. The lowest BCUT2D eigenvalue weighted by atomic mass is 9.61. The zero-order valence-electron chi connectivity index (χ0n) is 18.8. The largest absolute Gasteiger partial charge is 0.508 e. The molecule has 3 aliphatic rings. The van der Waals surface area contributed by atoms with Crippen LogP contribution in [-0.4, -0.2) is 85.7 Å². The van der Waals surface area contributed by atoms with Crippen LogP contribution in [0.2, 0.25) is 0 Å². The van der Waals surface area contributed by atoms with E-state index in [1.54, 1.807) is 11.2 Å². The maximum absolute atomic E-state index is 12.2. The standard InChI is InChI=1S/C23H37N3O3S/c1-5-30(28,29)26-11-8-17(9-12-26)16-25(4)22-21-14-18-6-7-19(27)15-20(18)23(22,2)10-13-24(21)3/h6-7,15,17,21-22,27H,5,8-14,16H2,1-4H3/t21-,22+,23+/m1/s1. The van der Waals surface area contributed by atoms with Gasteiger partial charge in [-0.3, -0.25) is 0 Å². The van der Waals surface area contributed by atoms with Gasteiger partial charge in [0.05, 0.1) is 5.75 Å². The Balaban J connectivity index is 1.52. The molecule has 0 saturated carbocycles. The van der Waals surface area contributed by atoms with Gasteiger partial charge in [-0.1, -0.05) is 13.0 Å². The number of sulfonamides is 1. The summed E-state index contributed by atoms with van der Waals surface area (Å²) in [6.45, 7) is 7.48. The second-order valence-electron chi connectivity index (χ2n) is 9.89. The molecule has 168 valence electrons. The second kappa shape index (κ2) is 8.08.